The molecule has 0 unspecified atom stereocenters. The molecule has 1 saturated heterocycles. The summed E-state index contributed by atoms with van der Waals surface area (Å²) in [7, 11) is 0. The van der Waals surface area contributed by atoms with Gasteiger partial charge in [0.1, 0.15) is 0 Å². The topological polar surface area (TPSA) is 32.3 Å². The standard InChI is InChI=1S/C18H28N2O/c1-4-10-19-17-7-6-16(13-14(17)3)18(21)20-11-8-15(5-2)9-12-20/h6-7,13,15,19H,4-5,8-12H2,1-3H3. The van der Waals surface area contributed by atoms with Crippen LogP contribution in [0.15, 0.2) is 18.2 Å². The fourth-order valence-electron chi connectivity index (χ4n) is 2.98. The van der Waals surface area contributed by atoms with Gasteiger partial charge in [-0.1, -0.05) is 20.3 Å². The number of hydrogen-bond acceptors (Lipinski definition) is 2. The second-order valence-electron chi connectivity index (χ2n) is 6.10. The highest BCUT2D eigenvalue weighted by Gasteiger charge is 2.22. The number of nitrogens with zero attached hydrogens (tertiary/aromatic N) is 1. The van der Waals surface area contributed by atoms with Crippen molar-refractivity contribution in [1.29, 1.82) is 0 Å². The second-order valence-corrected chi connectivity index (χ2v) is 6.10. The average molecular weight is 288 g/mol. The molecule has 1 fully saturated rings. The van der Waals surface area contributed by atoms with Gasteiger partial charge in [0.25, 0.3) is 5.91 Å². The van der Waals surface area contributed by atoms with Crippen molar-refractivity contribution in [1.82, 2.24) is 4.90 Å². The van der Waals surface area contributed by atoms with Crippen LogP contribution in [-0.4, -0.2) is 30.4 Å². The van der Waals surface area contributed by atoms with Gasteiger partial charge in [-0.15, -0.1) is 0 Å². The van der Waals surface area contributed by atoms with E-state index >= 15 is 0 Å². The summed E-state index contributed by atoms with van der Waals surface area (Å²) in [6, 6.07) is 6.02. The number of carbonyl (C=O) groups excluding carboxylic acids is 1. The highest BCUT2D eigenvalue weighted by atomic mass is 16.2. The van der Waals surface area contributed by atoms with Gasteiger partial charge in [0, 0.05) is 30.9 Å². The Morgan fingerprint density at radius 1 is 1.29 bits per heavy atom. The maximum Gasteiger partial charge on any atom is 0.253 e. The summed E-state index contributed by atoms with van der Waals surface area (Å²) >= 11 is 0. The number of carbonyl (C=O) groups is 1. The summed E-state index contributed by atoms with van der Waals surface area (Å²) < 4.78 is 0. The summed E-state index contributed by atoms with van der Waals surface area (Å²) in [6.07, 6.45) is 4.64. The molecule has 21 heavy (non-hydrogen) atoms. The van der Waals surface area contributed by atoms with Gasteiger partial charge in [0.05, 0.1) is 0 Å². The first kappa shape index (κ1) is 15.9. The van der Waals surface area contributed by atoms with Gasteiger partial charge in [-0.3, -0.25) is 4.79 Å². The molecule has 0 radical (unpaired) electrons. The van der Waals surface area contributed by atoms with E-state index in [1.165, 1.54) is 6.42 Å². The molecular formula is C18H28N2O. The van der Waals surface area contributed by atoms with E-state index < -0.39 is 0 Å². The molecule has 1 amide bonds. The number of hydrogen-bond donors (Lipinski definition) is 1. The number of amides is 1. The molecule has 1 aromatic carbocycles. The molecular weight excluding hydrogens is 260 g/mol. The van der Waals surface area contributed by atoms with Crippen molar-refractivity contribution < 1.29 is 4.79 Å². The van der Waals surface area contributed by atoms with Gasteiger partial charge >= 0.3 is 0 Å². The number of piperidine rings is 1. The first-order chi connectivity index (χ1) is 10.2. The van der Waals surface area contributed by atoms with Crippen LogP contribution in [0.4, 0.5) is 5.69 Å². The maximum absolute atomic E-state index is 12.6. The Labute approximate surface area is 128 Å². The first-order valence-electron chi connectivity index (χ1n) is 8.29. The predicted molar refractivity (Wildman–Crippen MR) is 88.9 cm³/mol. The molecule has 1 aliphatic heterocycles. The van der Waals surface area contributed by atoms with E-state index in [-0.39, 0.29) is 5.91 Å². The van der Waals surface area contributed by atoms with Crippen LogP contribution < -0.4 is 5.32 Å². The summed E-state index contributed by atoms with van der Waals surface area (Å²) in [5, 5.41) is 3.40. The third-order valence-electron chi connectivity index (χ3n) is 4.52. The molecule has 116 valence electrons. The van der Waals surface area contributed by atoms with Gasteiger partial charge in [-0.2, -0.15) is 0 Å². The first-order valence-corrected chi connectivity index (χ1v) is 8.29. The minimum Gasteiger partial charge on any atom is -0.385 e. The Morgan fingerprint density at radius 3 is 2.57 bits per heavy atom. The van der Waals surface area contributed by atoms with Crippen molar-refractivity contribution >= 4 is 11.6 Å². The van der Waals surface area contributed by atoms with E-state index in [0.29, 0.717) is 0 Å². The summed E-state index contributed by atoms with van der Waals surface area (Å²) in [6.45, 7) is 9.25. The van der Waals surface area contributed by atoms with Crippen LogP contribution in [0, 0.1) is 12.8 Å². The van der Waals surface area contributed by atoms with Gasteiger partial charge in [0.2, 0.25) is 0 Å². The fraction of sp³-hybridized carbons (Fsp3) is 0.611. The van der Waals surface area contributed by atoms with E-state index in [2.05, 4.69) is 26.1 Å². The van der Waals surface area contributed by atoms with Gasteiger partial charge in [-0.05, 0) is 55.9 Å². The van der Waals surface area contributed by atoms with Crippen LogP contribution in [0.1, 0.15) is 55.5 Å². The predicted octanol–water partition coefficient (Wildman–Crippen LogP) is 4.08. The highest BCUT2D eigenvalue weighted by molar-refractivity contribution is 5.95. The smallest absolute Gasteiger partial charge is 0.253 e. The number of nitrogens with one attached hydrogen (secondary N) is 1. The zero-order valence-electron chi connectivity index (χ0n) is 13.6. The zero-order valence-corrected chi connectivity index (χ0v) is 13.6. The third kappa shape index (κ3) is 3.99. The van der Waals surface area contributed by atoms with Crippen LogP contribution in [0.2, 0.25) is 0 Å². The van der Waals surface area contributed by atoms with Crippen molar-refractivity contribution in [3.8, 4) is 0 Å². The normalized spacial score (nSPS) is 16.0. The second kappa shape index (κ2) is 7.48. The van der Waals surface area contributed by atoms with E-state index in [1.807, 2.05) is 23.1 Å². The maximum atomic E-state index is 12.6. The van der Waals surface area contributed by atoms with E-state index in [0.717, 1.165) is 61.6 Å². The molecule has 0 aromatic heterocycles. The Bertz CT molecular complexity index is 476. The Kier molecular flexibility index (Phi) is 5.66. The number of aryl methyl sites for hydroxylation is 1. The molecule has 2 rings (SSSR count). The molecule has 3 heteroatoms. The largest absolute Gasteiger partial charge is 0.385 e. The Hall–Kier alpha value is -1.51. The van der Waals surface area contributed by atoms with E-state index in [9.17, 15) is 4.79 Å². The lowest BCUT2D eigenvalue weighted by molar-refractivity contribution is 0.0689. The average Bonchev–Trinajstić information content (AvgIpc) is 2.53. The molecule has 1 aliphatic rings. The zero-order chi connectivity index (χ0) is 15.2. The monoisotopic (exact) mass is 288 g/mol. The van der Waals surface area contributed by atoms with Crippen LogP contribution in [0.5, 0.6) is 0 Å². The third-order valence-corrected chi connectivity index (χ3v) is 4.52. The molecule has 1 heterocycles. The molecule has 0 atom stereocenters. The highest BCUT2D eigenvalue weighted by Crippen LogP contribution is 2.23. The molecule has 0 aliphatic carbocycles. The lowest BCUT2D eigenvalue weighted by Crippen LogP contribution is -2.38. The van der Waals surface area contributed by atoms with Crippen molar-refractivity contribution in [2.45, 2.75) is 46.5 Å². The number of anilines is 1. The van der Waals surface area contributed by atoms with Gasteiger partial charge in [-0.25, -0.2) is 0 Å². The molecule has 1 N–H and O–H groups in total. The van der Waals surface area contributed by atoms with Crippen LogP contribution >= 0.6 is 0 Å². The lowest BCUT2D eigenvalue weighted by atomic mass is 9.94. The minimum atomic E-state index is 0.190. The fourth-order valence-corrected chi connectivity index (χ4v) is 2.98. The lowest BCUT2D eigenvalue weighted by Gasteiger charge is -2.31. The van der Waals surface area contributed by atoms with Gasteiger partial charge < -0.3 is 10.2 Å². The molecule has 1 aromatic rings. The number of rotatable bonds is 5. The Morgan fingerprint density at radius 2 is 2.00 bits per heavy atom. The Balaban J connectivity index is 2.01. The minimum absolute atomic E-state index is 0.190. The quantitative estimate of drug-likeness (QED) is 0.885. The van der Waals surface area contributed by atoms with Crippen molar-refractivity contribution in [3.05, 3.63) is 29.3 Å². The number of likely N-dealkylation sites (tertiary alicyclic amines) is 1. The van der Waals surface area contributed by atoms with Crippen LogP contribution in [0.3, 0.4) is 0 Å². The molecule has 0 bridgehead atoms. The summed E-state index contributed by atoms with van der Waals surface area (Å²) in [5.41, 5.74) is 3.11. The number of benzene rings is 1. The SMILES string of the molecule is CCCNc1ccc(C(=O)N2CCC(CC)CC2)cc1C. The molecule has 0 spiro atoms. The van der Waals surface area contributed by atoms with Crippen LogP contribution in [-0.2, 0) is 0 Å². The van der Waals surface area contributed by atoms with Crippen molar-refractivity contribution in [3.63, 3.8) is 0 Å². The van der Waals surface area contributed by atoms with Crippen molar-refractivity contribution in [2.24, 2.45) is 5.92 Å². The van der Waals surface area contributed by atoms with E-state index in [1.54, 1.807) is 0 Å². The molecule has 3 nitrogen and oxygen atoms in total. The van der Waals surface area contributed by atoms with Crippen LogP contribution in [0.25, 0.3) is 0 Å². The van der Waals surface area contributed by atoms with Gasteiger partial charge in [0.15, 0.2) is 0 Å². The van der Waals surface area contributed by atoms with Crippen molar-refractivity contribution in [2.75, 3.05) is 25.0 Å². The molecule has 0 saturated carbocycles. The summed E-state index contributed by atoms with van der Waals surface area (Å²) in [5.74, 6) is 0.992. The summed E-state index contributed by atoms with van der Waals surface area (Å²) in [4.78, 5) is 14.6. The van der Waals surface area contributed by atoms with E-state index in [4.69, 9.17) is 0 Å².